The quantitative estimate of drug-likeness (QED) is 0.153. The molecule has 3 N–H and O–H groups in total. The molecular formula is C38H36N6O8. The van der Waals surface area contributed by atoms with Gasteiger partial charge in [-0.3, -0.25) is 14.2 Å². The summed E-state index contributed by atoms with van der Waals surface area (Å²) in [6, 6.07) is 23.0. The minimum absolute atomic E-state index is 0.0376. The Bertz CT molecular complexity index is 2090. The number of benzene rings is 3. The molecule has 2 amide bonds. The summed E-state index contributed by atoms with van der Waals surface area (Å²) in [5.41, 5.74) is 6.39. The Balaban J connectivity index is 0.932. The van der Waals surface area contributed by atoms with Crippen LogP contribution in [0.1, 0.15) is 65.4 Å². The fourth-order valence-corrected chi connectivity index (χ4v) is 6.60. The van der Waals surface area contributed by atoms with Crippen LogP contribution in [0.15, 0.2) is 85.5 Å². The first-order chi connectivity index (χ1) is 25.3. The van der Waals surface area contributed by atoms with E-state index in [0.717, 1.165) is 27.8 Å². The van der Waals surface area contributed by atoms with Gasteiger partial charge in [0.1, 0.15) is 37.2 Å². The van der Waals surface area contributed by atoms with E-state index in [1.807, 2.05) is 24.3 Å². The highest BCUT2D eigenvalue weighted by atomic mass is 16.6. The average molecular weight is 705 g/mol. The lowest BCUT2D eigenvalue weighted by Crippen LogP contribution is -2.30. The number of alkyl carbamates (subject to hydrolysis) is 1. The number of aliphatic hydroxyl groups is 1. The first-order valence-corrected chi connectivity index (χ1v) is 16.9. The van der Waals surface area contributed by atoms with Crippen LogP contribution < -0.4 is 10.6 Å². The Morgan fingerprint density at radius 3 is 2.33 bits per heavy atom. The van der Waals surface area contributed by atoms with Crippen LogP contribution in [-0.4, -0.2) is 73.8 Å². The molecule has 1 unspecified atom stereocenters. The summed E-state index contributed by atoms with van der Waals surface area (Å²) < 4.78 is 18.7. The van der Waals surface area contributed by atoms with Crippen LogP contribution in [0.2, 0.25) is 0 Å². The highest BCUT2D eigenvalue weighted by Crippen LogP contribution is 2.44. The molecule has 1 aliphatic heterocycles. The molecule has 0 spiro atoms. The number of amides is 2. The Morgan fingerprint density at radius 2 is 1.63 bits per heavy atom. The average Bonchev–Trinajstić information content (AvgIpc) is 3.86. The number of fused-ring (bicyclic) bond motifs is 4. The molecule has 0 bridgehead atoms. The predicted octanol–water partition coefficient (Wildman–Crippen LogP) is 4.68. The molecule has 7 rings (SSSR count). The minimum atomic E-state index is -0.776. The number of nitrogens with zero attached hydrogens (tertiary/aromatic N) is 4. The molecule has 0 saturated carbocycles. The summed E-state index contributed by atoms with van der Waals surface area (Å²) in [5, 5.41) is 15.4. The number of aromatic nitrogens is 4. The van der Waals surface area contributed by atoms with Crippen LogP contribution in [0.3, 0.4) is 0 Å². The topological polar surface area (TPSA) is 184 Å². The first kappa shape index (κ1) is 34.5. The van der Waals surface area contributed by atoms with Gasteiger partial charge in [-0.2, -0.15) is 0 Å². The van der Waals surface area contributed by atoms with Crippen molar-refractivity contribution in [2.45, 2.75) is 57.1 Å². The Labute approximate surface area is 298 Å². The third-order valence-electron chi connectivity index (χ3n) is 9.22. The van der Waals surface area contributed by atoms with Crippen molar-refractivity contribution in [3.63, 3.8) is 0 Å². The summed E-state index contributed by atoms with van der Waals surface area (Å²) in [6.07, 6.45) is 0.288. The van der Waals surface area contributed by atoms with Gasteiger partial charge in [0, 0.05) is 30.9 Å². The number of aliphatic hydroxyl groups excluding tert-OH is 1. The molecule has 14 heteroatoms. The normalized spacial score (nSPS) is 17.7. The van der Waals surface area contributed by atoms with Gasteiger partial charge in [0.2, 0.25) is 0 Å². The maximum Gasteiger partial charge on any atom is 0.407 e. The molecule has 3 atom stereocenters. The number of hydrogen-bond acceptors (Lipinski definition) is 11. The fourth-order valence-electron chi connectivity index (χ4n) is 6.60. The van der Waals surface area contributed by atoms with Gasteiger partial charge < -0.3 is 34.7 Å². The molecule has 0 radical (unpaired) electrons. The highest BCUT2D eigenvalue weighted by Gasteiger charge is 2.39. The summed E-state index contributed by atoms with van der Waals surface area (Å²) in [4.78, 5) is 62.2. The van der Waals surface area contributed by atoms with Crippen LogP contribution in [0.4, 0.5) is 10.6 Å². The molecule has 3 aromatic carbocycles. The van der Waals surface area contributed by atoms with E-state index in [1.165, 1.54) is 19.6 Å². The van der Waals surface area contributed by atoms with Crippen molar-refractivity contribution in [1.29, 1.82) is 0 Å². The van der Waals surface area contributed by atoms with Crippen molar-refractivity contribution in [2.24, 2.45) is 0 Å². The third kappa shape index (κ3) is 7.24. The maximum atomic E-state index is 13.2. The van der Waals surface area contributed by atoms with Gasteiger partial charge in [-0.25, -0.2) is 19.7 Å². The van der Waals surface area contributed by atoms with E-state index in [9.17, 15) is 24.3 Å². The van der Waals surface area contributed by atoms with Crippen molar-refractivity contribution in [1.82, 2.24) is 24.8 Å². The van der Waals surface area contributed by atoms with Crippen LogP contribution >= 0.6 is 0 Å². The lowest BCUT2D eigenvalue weighted by molar-refractivity contribution is -0.153. The van der Waals surface area contributed by atoms with E-state index >= 15 is 0 Å². The lowest BCUT2D eigenvalue weighted by Gasteiger charge is -2.16. The number of esters is 1. The SMILES string of the molecule is CC(=O)CCC(=O)OC1C[C@H](n2cnc3c(NC(=O)c4ccc(CNC(=O)OCC5c6ccccc6-c6ccccc65)cc4)ncnc32)O[C@@H]1CO. The van der Waals surface area contributed by atoms with Crippen molar-refractivity contribution in [3.8, 4) is 11.1 Å². The van der Waals surface area contributed by atoms with Crippen molar-refractivity contribution < 1.29 is 38.5 Å². The van der Waals surface area contributed by atoms with E-state index in [0.29, 0.717) is 16.7 Å². The summed E-state index contributed by atoms with van der Waals surface area (Å²) in [5.74, 6) is -0.962. The monoisotopic (exact) mass is 704 g/mol. The van der Waals surface area contributed by atoms with Gasteiger partial charge in [-0.05, 0) is 46.9 Å². The number of imidazole rings is 1. The van der Waals surface area contributed by atoms with Crippen molar-refractivity contribution in [3.05, 3.63) is 108 Å². The molecule has 52 heavy (non-hydrogen) atoms. The van der Waals surface area contributed by atoms with Crippen molar-refractivity contribution >= 4 is 40.7 Å². The summed E-state index contributed by atoms with van der Waals surface area (Å²) in [7, 11) is 0. The van der Waals surface area contributed by atoms with Gasteiger partial charge in [0.05, 0.1) is 19.4 Å². The maximum absolute atomic E-state index is 13.2. The predicted molar refractivity (Wildman–Crippen MR) is 187 cm³/mol. The second-order valence-electron chi connectivity index (χ2n) is 12.7. The van der Waals surface area contributed by atoms with Crippen LogP contribution in [0, 0.1) is 0 Å². The molecule has 266 valence electrons. The number of anilines is 1. The van der Waals surface area contributed by atoms with Gasteiger partial charge in [0.25, 0.3) is 5.91 Å². The van der Waals surface area contributed by atoms with Gasteiger partial charge >= 0.3 is 12.1 Å². The number of carbonyl (C=O) groups excluding carboxylic acids is 4. The zero-order valence-corrected chi connectivity index (χ0v) is 28.2. The lowest BCUT2D eigenvalue weighted by atomic mass is 9.98. The van der Waals surface area contributed by atoms with E-state index in [-0.39, 0.29) is 56.5 Å². The molecule has 14 nitrogen and oxygen atoms in total. The molecule has 1 aliphatic carbocycles. The largest absolute Gasteiger partial charge is 0.459 e. The van der Waals surface area contributed by atoms with Gasteiger partial charge in [0.15, 0.2) is 17.0 Å². The van der Waals surface area contributed by atoms with E-state index in [1.54, 1.807) is 28.8 Å². The van der Waals surface area contributed by atoms with Gasteiger partial charge in [-0.15, -0.1) is 0 Å². The number of hydrogen-bond donors (Lipinski definition) is 3. The molecule has 1 fully saturated rings. The fraction of sp³-hybridized carbons (Fsp3) is 0.289. The Hall–Kier alpha value is -5.99. The third-order valence-corrected chi connectivity index (χ3v) is 9.22. The second-order valence-corrected chi connectivity index (χ2v) is 12.7. The van der Waals surface area contributed by atoms with Crippen molar-refractivity contribution in [2.75, 3.05) is 18.5 Å². The standard InChI is InChI=1S/C38H36N6O8/c1-22(46)10-15-33(47)52-30-16-32(51-31(30)18-45)44-21-42-34-35(40-20-41-36(34)44)43-37(48)24-13-11-23(12-14-24)17-39-38(49)50-19-29-27-8-4-2-6-25(27)26-7-3-5-9-28(26)29/h2-9,11-14,20-21,29-32,45H,10,15-19H2,1H3,(H,39,49)(H,40,41,43,48)/t30?,31-,32-/m1/s1. The highest BCUT2D eigenvalue weighted by molar-refractivity contribution is 6.06. The number of Topliss-reactive ketones (excluding diaryl/α,β-unsaturated/α-hetero) is 1. The number of carbonyl (C=O) groups is 4. The molecular weight excluding hydrogens is 668 g/mol. The summed E-state index contributed by atoms with van der Waals surface area (Å²) in [6.45, 7) is 1.44. The molecule has 3 heterocycles. The zero-order valence-electron chi connectivity index (χ0n) is 28.2. The molecule has 2 aliphatic rings. The number of ether oxygens (including phenoxy) is 3. The second kappa shape index (κ2) is 15.1. The van der Waals surface area contributed by atoms with E-state index < -0.39 is 36.4 Å². The zero-order chi connectivity index (χ0) is 36.2. The Kier molecular flexibility index (Phi) is 10.00. The minimum Gasteiger partial charge on any atom is -0.459 e. The number of ketones is 1. The van der Waals surface area contributed by atoms with Crippen LogP contribution in [0.5, 0.6) is 0 Å². The van der Waals surface area contributed by atoms with Crippen LogP contribution in [0.25, 0.3) is 22.3 Å². The van der Waals surface area contributed by atoms with Crippen LogP contribution in [-0.2, 0) is 30.3 Å². The summed E-state index contributed by atoms with van der Waals surface area (Å²) >= 11 is 0. The molecule has 2 aromatic heterocycles. The molecule has 1 saturated heterocycles. The van der Waals surface area contributed by atoms with Gasteiger partial charge in [-0.1, -0.05) is 60.7 Å². The molecule has 5 aromatic rings. The van der Waals surface area contributed by atoms with E-state index in [2.05, 4.69) is 49.9 Å². The van der Waals surface area contributed by atoms with E-state index in [4.69, 9.17) is 14.2 Å². The number of rotatable bonds is 12. The number of nitrogens with one attached hydrogen (secondary N) is 2. The smallest absolute Gasteiger partial charge is 0.407 e. The first-order valence-electron chi connectivity index (χ1n) is 16.9. The Morgan fingerprint density at radius 1 is 0.923 bits per heavy atom.